The highest BCUT2D eigenvalue weighted by atomic mass is 79.9. The molecule has 0 aliphatic heterocycles. The summed E-state index contributed by atoms with van der Waals surface area (Å²) in [6.07, 6.45) is 0. The van der Waals surface area contributed by atoms with E-state index >= 15 is 0 Å². The third-order valence-corrected chi connectivity index (χ3v) is 16.2. The zero-order valence-corrected chi connectivity index (χ0v) is 55.7. The van der Waals surface area contributed by atoms with Crippen LogP contribution < -0.4 is 15.3 Å². The number of aliphatic hydroxyl groups is 6. The third kappa shape index (κ3) is 22.0. The van der Waals surface area contributed by atoms with Gasteiger partial charge in [0.15, 0.2) is 0 Å². The maximum absolute atomic E-state index is 9.10. The van der Waals surface area contributed by atoms with Gasteiger partial charge in [-0.3, -0.25) is 0 Å². The van der Waals surface area contributed by atoms with Gasteiger partial charge in [0, 0.05) is 54.1 Å². The van der Waals surface area contributed by atoms with Gasteiger partial charge in [-0.2, -0.15) is 0 Å². The Balaban J connectivity index is 0.000000236. The van der Waals surface area contributed by atoms with Crippen molar-refractivity contribution in [2.45, 2.75) is 117 Å². The number of hydrogen-bond acceptors (Lipinski definition) is 8. The van der Waals surface area contributed by atoms with Crippen molar-refractivity contribution >= 4 is 78.8 Å². The van der Waals surface area contributed by atoms with Crippen molar-refractivity contribution in [3.63, 3.8) is 0 Å². The molecule has 0 bridgehead atoms. The summed E-state index contributed by atoms with van der Waals surface area (Å²) >= 11 is 3.56. The fourth-order valence-corrected chi connectivity index (χ4v) is 8.11. The van der Waals surface area contributed by atoms with E-state index < -0.39 is 33.6 Å². The van der Waals surface area contributed by atoms with Crippen LogP contribution in [0.25, 0.3) is 44.5 Å². The maximum Gasteiger partial charge on any atom is 0.113 e. The molecular formula is C78H86B3BrN2O6. The van der Waals surface area contributed by atoms with Crippen LogP contribution in [-0.2, 0) is 0 Å². The van der Waals surface area contributed by atoms with E-state index in [2.05, 4.69) is 272 Å². The Bertz CT molecular complexity index is 3170. The number of anilines is 6. The first kappa shape index (κ1) is 73.0. The van der Waals surface area contributed by atoms with Gasteiger partial charge in [-0.1, -0.05) is 203 Å². The summed E-state index contributed by atoms with van der Waals surface area (Å²) in [7, 11) is 14.0. The Hall–Kier alpha value is -7.77. The van der Waals surface area contributed by atoms with E-state index in [1.165, 1.54) is 44.5 Å². The standard InChI is InChI=1S/C30H22BN.C30H22BrN.3C6H14O2.B2/c2*31-27-15-21-30(22-16-27)32(28-17-11-25(12-18-28)23-7-3-1-4-8-23)29-19-13-26(14-20-29)24-9-5-2-6-10-24;3*1-5(2,7)6(3,4)8;1-2/h2*1-22H;3*7-8H,1-4H3;. The average molecular weight is 1260 g/mol. The number of halogens is 1. The third-order valence-electron chi connectivity index (χ3n) is 15.7. The quantitative estimate of drug-likeness (QED) is 0.0630. The molecule has 460 valence electrons. The molecule has 8 nitrogen and oxygen atoms in total. The lowest BCUT2D eigenvalue weighted by molar-refractivity contribution is -0.107. The van der Waals surface area contributed by atoms with Crippen molar-refractivity contribution in [2.24, 2.45) is 0 Å². The van der Waals surface area contributed by atoms with Gasteiger partial charge in [-0.25, -0.2) is 0 Å². The molecule has 0 aliphatic carbocycles. The summed E-state index contributed by atoms with van der Waals surface area (Å²) in [6, 6.07) is 93.2. The molecule has 0 heterocycles. The fourth-order valence-electron chi connectivity index (χ4n) is 7.84. The van der Waals surface area contributed by atoms with Crippen molar-refractivity contribution in [1.82, 2.24) is 0 Å². The molecule has 0 saturated carbocycles. The van der Waals surface area contributed by atoms with Gasteiger partial charge in [0.2, 0.25) is 0 Å². The zero-order valence-electron chi connectivity index (χ0n) is 54.1. The molecule has 6 N–H and O–H groups in total. The van der Waals surface area contributed by atoms with Gasteiger partial charge in [-0.15, -0.1) is 0 Å². The molecule has 10 rings (SSSR count). The van der Waals surface area contributed by atoms with Gasteiger partial charge in [0.05, 0.1) is 33.6 Å². The Morgan fingerprint density at radius 1 is 0.233 bits per heavy atom. The SMILES string of the molecule is Brc1ccc(N(c2ccc(-c3ccccc3)cc2)c2ccc(-c3ccccc3)cc2)cc1.CC(C)(O)C(C)(C)O.CC(C)(O)C(C)(C)O.CC(C)(O)C(C)(C)O.[B][B].[B]c1ccc(N(c2ccc(-c3ccccc3)cc2)c2ccc(-c3ccccc3)cc2)cc1. The molecule has 0 amide bonds. The molecule has 6 radical (unpaired) electrons. The van der Waals surface area contributed by atoms with Crippen molar-refractivity contribution in [2.75, 3.05) is 9.80 Å². The molecule has 10 aromatic rings. The van der Waals surface area contributed by atoms with E-state index in [-0.39, 0.29) is 0 Å². The molecule has 0 atom stereocenters. The topological polar surface area (TPSA) is 128 Å². The largest absolute Gasteiger partial charge is 0.387 e. The normalized spacial score (nSPS) is 11.4. The highest BCUT2D eigenvalue weighted by Gasteiger charge is 2.33. The van der Waals surface area contributed by atoms with Crippen molar-refractivity contribution in [3.05, 3.63) is 271 Å². The van der Waals surface area contributed by atoms with Gasteiger partial charge in [0.25, 0.3) is 0 Å². The lowest BCUT2D eigenvalue weighted by atomic mass is 9.81. The smallest absolute Gasteiger partial charge is 0.113 e. The number of rotatable bonds is 13. The second-order valence-corrected chi connectivity index (χ2v) is 25.7. The van der Waals surface area contributed by atoms with Crippen LogP contribution in [0.4, 0.5) is 34.1 Å². The molecule has 0 aliphatic rings. The summed E-state index contributed by atoms with van der Waals surface area (Å²) in [4.78, 5) is 4.54. The Labute approximate surface area is 548 Å². The molecule has 0 unspecified atom stereocenters. The first-order valence-corrected chi connectivity index (χ1v) is 30.6. The van der Waals surface area contributed by atoms with E-state index in [0.29, 0.717) is 0 Å². The molecule has 0 aromatic heterocycles. The monoisotopic (exact) mass is 1260 g/mol. The molecule has 12 heteroatoms. The molecule has 10 aromatic carbocycles. The first-order valence-electron chi connectivity index (χ1n) is 29.8. The number of nitrogens with zero attached hydrogens (tertiary/aromatic N) is 2. The molecule has 0 fully saturated rings. The Kier molecular flexibility index (Phi) is 26.6. The summed E-state index contributed by atoms with van der Waals surface area (Å²) in [6.45, 7) is 18.9. The minimum absolute atomic E-state index is 0.757. The van der Waals surface area contributed by atoms with Crippen LogP contribution in [0, 0.1) is 0 Å². The van der Waals surface area contributed by atoms with E-state index in [0.717, 1.165) is 44.1 Å². The lowest BCUT2D eigenvalue weighted by Crippen LogP contribution is -2.44. The lowest BCUT2D eigenvalue weighted by Gasteiger charge is -2.31. The van der Waals surface area contributed by atoms with Crippen LogP contribution in [0.5, 0.6) is 0 Å². The molecule has 90 heavy (non-hydrogen) atoms. The van der Waals surface area contributed by atoms with Gasteiger partial charge < -0.3 is 40.4 Å². The van der Waals surface area contributed by atoms with Crippen LogP contribution in [0.3, 0.4) is 0 Å². The fraction of sp³-hybridized carbons (Fsp3) is 0.231. The van der Waals surface area contributed by atoms with Gasteiger partial charge in [-0.05, 0) is 213 Å². The first-order chi connectivity index (χ1) is 42.3. The van der Waals surface area contributed by atoms with Crippen molar-refractivity contribution < 1.29 is 30.6 Å². The van der Waals surface area contributed by atoms with E-state index in [1.54, 1.807) is 83.1 Å². The van der Waals surface area contributed by atoms with Crippen LogP contribution in [-0.4, -0.2) is 87.6 Å². The minimum atomic E-state index is -1.01. The predicted octanol–water partition coefficient (Wildman–Crippen LogP) is 17.4. The van der Waals surface area contributed by atoms with Crippen molar-refractivity contribution in [1.29, 1.82) is 0 Å². The summed E-state index contributed by atoms with van der Waals surface area (Å²) < 4.78 is 1.07. The van der Waals surface area contributed by atoms with Crippen LogP contribution in [0.15, 0.2) is 271 Å². The highest BCUT2D eigenvalue weighted by Crippen LogP contribution is 2.39. The Morgan fingerprint density at radius 3 is 0.544 bits per heavy atom. The maximum atomic E-state index is 9.10. The highest BCUT2D eigenvalue weighted by molar-refractivity contribution is 9.10. The molecular weight excluding hydrogens is 1170 g/mol. The zero-order chi connectivity index (χ0) is 66.5. The Morgan fingerprint density at radius 2 is 0.378 bits per heavy atom. The van der Waals surface area contributed by atoms with Crippen LogP contribution in [0.1, 0.15) is 83.1 Å². The van der Waals surface area contributed by atoms with E-state index in [9.17, 15) is 0 Å². The van der Waals surface area contributed by atoms with Crippen LogP contribution >= 0.6 is 15.9 Å². The van der Waals surface area contributed by atoms with E-state index in [1.807, 2.05) is 36.4 Å². The molecule has 0 spiro atoms. The van der Waals surface area contributed by atoms with Crippen LogP contribution in [0.2, 0.25) is 0 Å². The number of benzene rings is 10. The second-order valence-electron chi connectivity index (χ2n) is 24.7. The number of hydrogen-bond donors (Lipinski definition) is 6. The molecule has 0 saturated heterocycles. The summed E-state index contributed by atoms with van der Waals surface area (Å²) in [5.41, 5.74) is 11.0. The summed E-state index contributed by atoms with van der Waals surface area (Å²) in [5.74, 6) is 0. The predicted molar refractivity (Wildman–Crippen MR) is 386 cm³/mol. The summed E-state index contributed by atoms with van der Waals surface area (Å²) in [5, 5.41) is 54.6. The van der Waals surface area contributed by atoms with Gasteiger partial charge in [0.1, 0.15) is 7.85 Å². The average Bonchev–Trinajstić information content (AvgIpc) is 1.45. The van der Waals surface area contributed by atoms with Crippen molar-refractivity contribution in [3.8, 4) is 44.5 Å². The second kappa shape index (κ2) is 32.8. The van der Waals surface area contributed by atoms with Gasteiger partial charge >= 0.3 is 0 Å². The minimum Gasteiger partial charge on any atom is -0.387 e. The van der Waals surface area contributed by atoms with E-state index in [4.69, 9.17) is 38.5 Å².